The van der Waals surface area contributed by atoms with Crippen LogP contribution >= 0.6 is 0 Å². The van der Waals surface area contributed by atoms with Crippen LogP contribution in [0.1, 0.15) is 15.9 Å². The summed E-state index contributed by atoms with van der Waals surface area (Å²) in [5.41, 5.74) is 1.90. The summed E-state index contributed by atoms with van der Waals surface area (Å²) in [7, 11) is 0. The number of hydrogen-bond acceptors (Lipinski definition) is 3. The number of benzene rings is 1. The topological polar surface area (TPSA) is 55.4 Å². The second-order valence-electron chi connectivity index (χ2n) is 2.71. The molecule has 0 radical (unpaired) electrons. The van der Waals surface area contributed by atoms with Gasteiger partial charge < -0.3 is 4.18 Å². The number of rotatable bonds is 0. The Labute approximate surface area is 77.7 Å². The number of nitrogens with one attached hydrogen (secondary N) is 1. The maximum atomic E-state index is 11.2. The van der Waals surface area contributed by atoms with Crippen LogP contribution in [0.3, 0.4) is 0 Å². The third kappa shape index (κ3) is 1.31. The predicted molar refractivity (Wildman–Crippen MR) is 48.4 cm³/mol. The molecule has 5 heteroatoms. The number of hydrogen-bond donors (Lipinski definition) is 1. The summed E-state index contributed by atoms with van der Waals surface area (Å²) in [4.78, 5) is 11.2. The Morgan fingerprint density at radius 3 is 3.00 bits per heavy atom. The van der Waals surface area contributed by atoms with E-state index in [1.54, 1.807) is 12.1 Å². The molecule has 1 aliphatic rings. The van der Waals surface area contributed by atoms with Gasteiger partial charge in [0.1, 0.15) is 0 Å². The van der Waals surface area contributed by atoms with Crippen molar-refractivity contribution >= 4 is 22.9 Å². The normalized spacial score (nSPS) is 20.1. The van der Waals surface area contributed by atoms with Gasteiger partial charge in [0.05, 0.1) is 11.3 Å². The monoisotopic (exact) mass is 197 g/mol. The molecule has 0 saturated heterocycles. The minimum atomic E-state index is -1.74. The van der Waals surface area contributed by atoms with Crippen LogP contribution in [0.15, 0.2) is 18.2 Å². The molecule has 0 saturated carbocycles. The zero-order chi connectivity index (χ0) is 9.42. The second kappa shape index (κ2) is 2.85. The Hall–Kier alpha value is -1.36. The fourth-order valence-electron chi connectivity index (χ4n) is 1.19. The van der Waals surface area contributed by atoms with Gasteiger partial charge in [-0.25, -0.2) is 4.79 Å². The van der Waals surface area contributed by atoms with Crippen LogP contribution in [0.2, 0.25) is 0 Å². The summed E-state index contributed by atoms with van der Waals surface area (Å²) in [6, 6.07) is 5.22. The molecule has 1 heterocycles. The first-order valence-corrected chi connectivity index (χ1v) is 4.76. The van der Waals surface area contributed by atoms with E-state index in [2.05, 4.69) is 8.91 Å². The molecule has 2 rings (SSSR count). The highest BCUT2D eigenvalue weighted by molar-refractivity contribution is 7.82. The fraction of sp³-hybridized carbons (Fsp3) is 0.125. The van der Waals surface area contributed by atoms with Crippen LogP contribution in [0.25, 0.3) is 0 Å². The molecule has 4 nitrogen and oxygen atoms in total. The molecular weight excluding hydrogens is 190 g/mol. The molecule has 1 N–H and O–H groups in total. The Kier molecular flexibility index (Phi) is 1.81. The number of fused-ring (bicyclic) bond motifs is 1. The molecule has 0 aromatic heterocycles. The zero-order valence-corrected chi connectivity index (χ0v) is 7.68. The second-order valence-corrected chi connectivity index (χ2v) is 3.55. The number of carbonyl (C=O) groups excluding carboxylic acids is 1. The summed E-state index contributed by atoms with van der Waals surface area (Å²) in [5, 5.41) is 0. The first-order chi connectivity index (χ1) is 6.18. The molecule has 1 atom stereocenters. The summed E-state index contributed by atoms with van der Waals surface area (Å²) in [6.45, 7) is 1.83. The van der Waals surface area contributed by atoms with Gasteiger partial charge in [-0.15, -0.1) is 0 Å². The van der Waals surface area contributed by atoms with E-state index in [-0.39, 0.29) is 0 Å². The highest BCUT2D eigenvalue weighted by Gasteiger charge is 2.23. The van der Waals surface area contributed by atoms with Crippen LogP contribution < -0.4 is 4.72 Å². The SMILES string of the molecule is Cc1cccc2c1NS(=O)OC2=O. The van der Waals surface area contributed by atoms with Crippen LogP contribution in [0.4, 0.5) is 5.69 Å². The van der Waals surface area contributed by atoms with E-state index >= 15 is 0 Å². The number of aryl methyl sites for hydroxylation is 1. The summed E-state index contributed by atoms with van der Waals surface area (Å²) < 4.78 is 18.0. The van der Waals surface area contributed by atoms with Crippen molar-refractivity contribution in [1.82, 2.24) is 0 Å². The molecule has 1 aromatic carbocycles. The van der Waals surface area contributed by atoms with Gasteiger partial charge in [0.15, 0.2) is 0 Å². The van der Waals surface area contributed by atoms with Crippen molar-refractivity contribution < 1.29 is 13.2 Å². The van der Waals surface area contributed by atoms with E-state index < -0.39 is 17.2 Å². The molecule has 0 aliphatic carbocycles. The third-order valence-electron chi connectivity index (χ3n) is 1.83. The van der Waals surface area contributed by atoms with Gasteiger partial charge in [-0.3, -0.25) is 4.72 Å². The number of anilines is 1. The minimum absolute atomic E-state index is 0.430. The largest absolute Gasteiger partial charge is 0.355 e. The summed E-state index contributed by atoms with van der Waals surface area (Å²) in [6.07, 6.45) is 0. The van der Waals surface area contributed by atoms with E-state index in [9.17, 15) is 9.00 Å². The van der Waals surface area contributed by atoms with Crippen LogP contribution in [0, 0.1) is 6.92 Å². The lowest BCUT2D eigenvalue weighted by Crippen LogP contribution is -2.22. The third-order valence-corrected chi connectivity index (χ3v) is 2.50. The Morgan fingerprint density at radius 2 is 2.23 bits per heavy atom. The standard InChI is InChI=1S/C8H7NO3S/c1-5-3-2-4-6-7(5)9-13(11)12-8(6)10/h2-4,9H,1H3. The molecule has 0 amide bonds. The highest BCUT2D eigenvalue weighted by atomic mass is 32.2. The molecule has 68 valence electrons. The summed E-state index contributed by atoms with van der Waals surface area (Å²) in [5.74, 6) is -0.546. The average molecular weight is 197 g/mol. The van der Waals surface area contributed by atoms with Crippen molar-refractivity contribution in [1.29, 1.82) is 0 Å². The molecule has 0 spiro atoms. The van der Waals surface area contributed by atoms with Crippen molar-refractivity contribution in [3.8, 4) is 0 Å². The summed E-state index contributed by atoms with van der Waals surface area (Å²) >= 11 is -1.74. The van der Waals surface area contributed by atoms with Gasteiger partial charge in [-0.2, -0.15) is 4.21 Å². The molecule has 13 heavy (non-hydrogen) atoms. The Bertz CT molecular complexity index is 402. The molecular formula is C8H7NO3S. The first-order valence-electron chi connectivity index (χ1n) is 3.69. The lowest BCUT2D eigenvalue weighted by molar-refractivity contribution is 0.0756. The average Bonchev–Trinajstić information content (AvgIpc) is 2.07. The first kappa shape index (κ1) is 8.25. The molecule has 0 bridgehead atoms. The maximum Gasteiger partial charge on any atom is 0.355 e. The predicted octanol–water partition coefficient (Wildman–Crippen LogP) is 1.16. The van der Waals surface area contributed by atoms with Crippen LogP contribution in [0.5, 0.6) is 0 Å². The highest BCUT2D eigenvalue weighted by Crippen LogP contribution is 2.25. The van der Waals surface area contributed by atoms with E-state index in [0.717, 1.165) is 5.56 Å². The van der Waals surface area contributed by atoms with Crippen molar-refractivity contribution in [3.63, 3.8) is 0 Å². The molecule has 0 fully saturated rings. The minimum Gasteiger partial charge on any atom is -0.344 e. The van der Waals surface area contributed by atoms with Crippen LogP contribution in [-0.4, -0.2) is 10.2 Å². The van der Waals surface area contributed by atoms with Crippen molar-refractivity contribution in [2.24, 2.45) is 0 Å². The van der Waals surface area contributed by atoms with Gasteiger partial charge in [0.25, 0.3) is 0 Å². The molecule has 1 aromatic rings. The van der Waals surface area contributed by atoms with Crippen LogP contribution in [-0.2, 0) is 15.4 Å². The number of para-hydroxylation sites is 1. The van der Waals surface area contributed by atoms with Gasteiger partial charge >= 0.3 is 17.2 Å². The fourth-order valence-corrected chi connectivity index (χ4v) is 1.90. The maximum absolute atomic E-state index is 11.2. The van der Waals surface area contributed by atoms with Crippen molar-refractivity contribution in [3.05, 3.63) is 29.3 Å². The molecule has 1 unspecified atom stereocenters. The van der Waals surface area contributed by atoms with E-state index in [0.29, 0.717) is 11.3 Å². The van der Waals surface area contributed by atoms with E-state index in [4.69, 9.17) is 0 Å². The zero-order valence-electron chi connectivity index (χ0n) is 6.87. The van der Waals surface area contributed by atoms with Gasteiger partial charge in [-0.1, -0.05) is 12.1 Å². The smallest absolute Gasteiger partial charge is 0.344 e. The molecule has 1 aliphatic heterocycles. The number of carbonyl (C=O) groups is 1. The quantitative estimate of drug-likeness (QED) is 0.679. The van der Waals surface area contributed by atoms with Crippen molar-refractivity contribution in [2.45, 2.75) is 6.92 Å². The Balaban J connectivity index is 2.61. The van der Waals surface area contributed by atoms with Crippen molar-refractivity contribution in [2.75, 3.05) is 4.72 Å². The lowest BCUT2D eigenvalue weighted by Gasteiger charge is -2.17. The van der Waals surface area contributed by atoms with Gasteiger partial charge in [0.2, 0.25) is 0 Å². The van der Waals surface area contributed by atoms with E-state index in [1.165, 1.54) is 0 Å². The lowest BCUT2D eigenvalue weighted by atomic mass is 10.1. The van der Waals surface area contributed by atoms with E-state index in [1.807, 2.05) is 13.0 Å². The Morgan fingerprint density at radius 1 is 1.46 bits per heavy atom. The van der Waals surface area contributed by atoms with Gasteiger partial charge in [-0.05, 0) is 18.6 Å². The van der Waals surface area contributed by atoms with Gasteiger partial charge in [0, 0.05) is 0 Å².